The third-order valence-corrected chi connectivity index (χ3v) is 4.29. The normalized spacial score (nSPS) is 24.8. The van der Waals surface area contributed by atoms with Gasteiger partial charge in [0.25, 0.3) is 0 Å². The summed E-state index contributed by atoms with van der Waals surface area (Å²) < 4.78 is 5.53. The lowest BCUT2D eigenvalue weighted by Gasteiger charge is -2.17. The van der Waals surface area contributed by atoms with Crippen molar-refractivity contribution in [2.45, 2.75) is 6.92 Å². The monoisotopic (exact) mass is 289 g/mol. The van der Waals surface area contributed by atoms with Gasteiger partial charge in [-0.05, 0) is 44.0 Å². The molecule has 3 rings (SSSR count). The first-order chi connectivity index (χ1) is 10.3. The molecule has 0 unspecified atom stereocenters. The second-order valence-electron chi connectivity index (χ2n) is 5.85. The molecule has 0 aromatic heterocycles. The molecule has 0 radical (unpaired) electrons. The van der Waals surface area contributed by atoms with Crippen LogP contribution in [0.1, 0.15) is 6.92 Å². The Balaban J connectivity index is 1.55. The summed E-state index contributed by atoms with van der Waals surface area (Å²) in [6.45, 7) is 7.24. The van der Waals surface area contributed by atoms with Gasteiger partial charge < -0.3 is 15.4 Å². The molecule has 2 heterocycles. The van der Waals surface area contributed by atoms with E-state index in [1.807, 2.05) is 31.2 Å². The minimum atomic E-state index is 0.0371. The molecule has 2 aliphatic heterocycles. The van der Waals surface area contributed by atoms with Crippen molar-refractivity contribution in [3.05, 3.63) is 24.3 Å². The Morgan fingerprint density at radius 3 is 2.76 bits per heavy atom. The van der Waals surface area contributed by atoms with Crippen LogP contribution in [0.3, 0.4) is 0 Å². The van der Waals surface area contributed by atoms with Crippen molar-refractivity contribution in [2.24, 2.45) is 11.8 Å². The molecule has 114 valence electrons. The first-order valence-corrected chi connectivity index (χ1v) is 7.71. The molecule has 5 heteroatoms. The first kappa shape index (κ1) is 14.4. The third kappa shape index (κ3) is 3.36. The van der Waals surface area contributed by atoms with Crippen LogP contribution in [-0.2, 0) is 4.79 Å². The number of hydrogen-bond donors (Lipinski definition) is 2. The van der Waals surface area contributed by atoms with Crippen LogP contribution in [0.2, 0.25) is 0 Å². The number of ether oxygens (including phenoxy) is 1. The van der Waals surface area contributed by atoms with E-state index >= 15 is 0 Å². The van der Waals surface area contributed by atoms with Gasteiger partial charge in [0.2, 0.25) is 5.91 Å². The van der Waals surface area contributed by atoms with Crippen molar-refractivity contribution in [3.63, 3.8) is 0 Å². The molecule has 0 spiro atoms. The Kier molecular flexibility index (Phi) is 4.41. The zero-order chi connectivity index (χ0) is 14.7. The Morgan fingerprint density at radius 2 is 2.05 bits per heavy atom. The maximum Gasteiger partial charge on any atom is 0.238 e. The summed E-state index contributed by atoms with van der Waals surface area (Å²) in [5, 5.41) is 6.38. The number of para-hydroxylation sites is 2. The largest absolute Gasteiger partial charge is 0.492 e. The smallest absolute Gasteiger partial charge is 0.238 e. The molecule has 5 nitrogen and oxygen atoms in total. The van der Waals surface area contributed by atoms with Crippen LogP contribution in [0.15, 0.2) is 24.3 Å². The van der Waals surface area contributed by atoms with E-state index < -0.39 is 0 Å². The van der Waals surface area contributed by atoms with Crippen molar-refractivity contribution in [3.8, 4) is 5.75 Å². The van der Waals surface area contributed by atoms with E-state index in [0.29, 0.717) is 25.0 Å². The zero-order valence-electron chi connectivity index (χ0n) is 12.5. The Labute approximate surface area is 125 Å². The Hall–Kier alpha value is -1.59. The van der Waals surface area contributed by atoms with Gasteiger partial charge in [0.15, 0.2) is 0 Å². The quantitative estimate of drug-likeness (QED) is 0.854. The number of carbonyl (C=O) groups excluding carboxylic acids is 1. The number of amides is 1. The second-order valence-corrected chi connectivity index (χ2v) is 5.85. The van der Waals surface area contributed by atoms with Gasteiger partial charge in [0, 0.05) is 13.1 Å². The zero-order valence-corrected chi connectivity index (χ0v) is 12.5. The van der Waals surface area contributed by atoms with Crippen molar-refractivity contribution in [1.29, 1.82) is 0 Å². The summed E-state index contributed by atoms with van der Waals surface area (Å²) in [6.07, 6.45) is 0. The minimum Gasteiger partial charge on any atom is -0.492 e. The van der Waals surface area contributed by atoms with Gasteiger partial charge in [-0.2, -0.15) is 0 Å². The van der Waals surface area contributed by atoms with E-state index in [-0.39, 0.29) is 5.91 Å². The SMILES string of the molecule is CCOc1ccccc1NC(=O)CN1C[C@H]2CNC[C@H]2C1. The van der Waals surface area contributed by atoms with Gasteiger partial charge in [0.05, 0.1) is 18.8 Å². The average molecular weight is 289 g/mol. The molecule has 2 atom stereocenters. The van der Waals surface area contributed by atoms with E-state index in [2.05, 4.69) is 15.5 Å². The number of hydrogen-bond acceptors (Lipinski definition) is 4. The minimum absolute atomic E-state index is 0.0371. The van der Waals surface area contributed by atoms with Crippen molar-refractivity contribution < 1.29 is 9.53 Å². The fourth-order valence-corrected chi connectivity index (χ4v) is 3.33. The van der Waals surface area contributed by atoms with Crippen LogP contribution in [0.4, 0.5) is 5.69 Å². The first-order valence-electron chi connectivity index (χ1n) is 7.71. The lowest BCUT2D eigenvalue weighted by atomic mass is 10.0. The highest BCUT2D eigenvalue weighted by molar-refractivity contribution is 5.93. The fourth-order valence-electron chi connectivity index (χ4n) is 3.33. The van der Waals surface area contributed by atoms with Crippen molar-refractivity contribution >= 4 is 11.6 Å². The number of rotatable bonds is 5. The molecular formula is C16H23N3O2. The summed E-state index contributed by atoms with van der Waals surface area (Å²) in [4.78, 5) is 14.5. The molecule has 2 aliphatic rings. The van der Waals surface area contributed by atoms with E-state index in [1.165, 1.54) is 0 Å². The highest BCUT2D eigenvalue weighted by Crippen LogP contribution is 2.27. The van der Waals surface area contributed by atoms with Gasteiger partial charge in [0.1, 0.15) is 5.75 Å². The predicted octanol–water partition coefficient (Wildman–Crippen LogP) is 1.17. The molecule has 1 aromatic rings. The molecule has 1 aromatic carbocycles. The molecule has 0 saturated carbocycles. The van der Waals surface area contributed by atoms with Crippen LogP contribution < -0.4 is 15.4 Å². The van der Waals surface area contributed by atoms with Crippen LogP contribution in [0, 0.1) is 11.8 Å². The van der Waals surface area contributed by atoms with Crippen molar-refractivity contribution in [1.82, 2.24) is 10.2 Å². The maximum atomic E-state index is 12.2. The fraction of sp³-hybridized carbons (Fsp3) is 0.562. The molecule has 2 fully saturated rings. The molecule has 21 heavy (non-hydrogen) atoms. The van der Waals surface area contributed by atoms with Crippen molar-refractivity contribution in [2.75, 3.05) is 44.6 Å². The molecule has 0 aliphatic carbocycles. The summed E-state index contributed by atoms with van der Waals surface area (Å²) >= 11 is 0. The van der Waals surface area contributed by atoms with E-state index in [9.17, 15) is 4.79 Å². The predicted molar refractivity (Wildman–Crippen MR) is 82.5 cm³/mol. The third-order valence-electron chi connectivity index (χ3n) is 4.29. The molecule has 2 saturated heterocycles. The van der Waals surface area contributed by atoms with Crippen LogP contribution in [-0.4, -0.2) is 50.1 Å². The summed E-state index contributed by atoms with van der Waals surface area (Å²) in [7, 11) is 0. The molecule has 0 bridgehead atoms. The highest BCUT2D eigenvalue weighted by Gasteiger charge is 2.36. The van der Waals surface area contributed by atoms with Crippen LogP contribution >= 0.6 is 0 Å². The molecule has 2 N–H and O–H groups in total. The van der Waals surface area contributed by atoms with E-state index in [1.54, 1.807) is 0 Å². The Morgan fingerprint density at radius 1 is 1.33 bits per heavy atom. The summed E-state index contributed by atoms with van der Waals surface area (Å²) in [5.74, 6) is 2.20. The van der Waals surface area contributed by atoms with Gasteiger partial charge >= 0.3 is 0 Å². The molecule has 1 amide bonds. The molecular weight excluding hydrogens is 266 g/mol. The standard InChI is InChI=1S/C16H23N3O2/c1-2-21-15-6-4-3-5-14(15)18-16(20)11-19-9-12-7-17-8-13(12)10-19/h3-6,12-13,17H,2,7-11H2,1H3,(H,18,20)/t12-,13+. The second kappa shape index (κ2) is 6.45. The summed E-state index contributed by atoms with van der Waals surface area (Å²) in [5.41, 5.74) is 0.755. The summed E-state index contributed by atoms with van der Waals surface area (Å²) in [6, 6.07) is 7.58. The van der Waals surface area contributed by atoms with E-state index in [4.69, 9.17) is 4.74 Å². The number of benzene rings is 1. The Bertz CT molecular complexity index is 494. The van der Waals surface area contributed by atoms with Gasteiger partial charge in [-0.1, -0.05) is 12.1 Å². The average Bonchev–Trinajstić information content (AvgIpc) is 3.02. The maximum absolute atomic E-state index is 12.2. The van der Waals surface area contributed by atoms with Crippen LogP contribution in [0.5, 0.6) is 5.75 Å². The number of carbonyl (C=O) groups is 1. The van der Waals surface area contributed by atoms with Crippen LogP contribution in [0.25, 0.3) is 0 Å². The number of likely N-dealkylation sites (tertiary alicyclic amines) is 1. The van der Waals surface area contributed by atoms with Gasteiger partial charge in [-0.25, -0.2) is 0 Å². The van der Waals surface area contributed by atoms with Gasteiger partial charge in [-0.3, -0.25) is 9.69 Å². The number of nitrogens with zero attached hydrogens (tertiary/aromatic N) is 1. The van der Waals surface area contributed by atoms with Gasteiger partial charge in [-0.15, -0.1) is 0 Å². The number of fused-ring (bicyclic) bond motifs is 1. The lowest BCUT2D eigenvalue weighted by Crippen LogP contribution is -2.33. The number of anilines is 1. The topological polar surface area (TPSA) is 53.6 Å². The highest BCUT2D eigenvalue weighted by atomic mass is 16.5. The number of nitrogens with one attached hydrogen (secondary N) is 2. The lowest BCUT2D eigenvalue weighted by molar-refractivity contribution is -0.117. The van der Waals surface area contributed by atoms with E-state index in [0.717, 1.165) is 37.6 Å².